The summed E-state index contributed by atoms with van der Waals surface area (Å²) in [6.07, 6.45) is -4.50. The average Bonchev–Trinajstić information content (AvgIpc) is 3.16. The molecule has 0 saturated heterocycles. The number of aryl methyl sites for hydroxylation is 1. The van der Waals surface area contributed by atoms with E-state index in [9.17, 15) is 18.0 Å². The summed E-state index contributed by atoms with van der Waals surface area (Å²) in [4.78, 5) is 21.1. The molecule has 4 aromatic rings. The molecular weight excluding hydrogens is 383 g/mol. The van der Waals surface area contributed by atoms with Gasteiger partial charge in [-0.15, -0.1) is 11.3 Å². The molecule has 0 aliphatic rings. The van der Waals surface area contributed by atoms with Gasteiger partial charge in [0.1, 0.15) is 5.52 Å². The molecule has 4 rings (SSSR count). The van der Waals surface area contributed by atoms with Crippen molar-refractivity contribution in [1.29, 1.82) is 0 Å². The molecule has 2 aromatic heterocycles. The van der Waals surface area contributed by atoms with E-state index >= 15 is 0 Å². The number of benzene rings is 2. The highest BCUT2D eigenvalue weighted by molar-refractivity contribution is 7.24. The third kappa shape index (κ3) is 3.04. The summed E-state index contributed by atoms with van der Waals surface area (Å²) in [5, 5.41) is 3.82. The molecule has 132 valence electrons. The van der Waals surface area contributed by atoms with Gasteiger partial charge in [-0.3, -0.25) is 10.1 Å². The van der Waals surface area contributed by atoms with Crippen molar-refractivity contribution in [1.82, 2.24) is 9.97 Å². The Morgan fingerprint density at radius 2 is 1.92 bits per heavy atom. The minimum Gasteiger partial charge on any atom is -0.298 e. The van der Waals surface area contributed by atoms with Crippen LogP contribution in [0.2, 0.25) is 0 Å². The summed E-state index contributed by atoms with van der Waals surface area (Å²) in [6.45, 7) is 1.91. The van der Waals surface area contributed by atoms with Gasteiger partial charge in [-0.05, 0) is 37.3 Å². The normalized spacial score (nSPS) is 12.0. The second-order valence-electron chi connectivity index (χ2n) is 5.55. The van der Waals surface area contributed by atoms with Crippen molar-refractivity contribution < 1.29 is 18.0 Å². The molecule has 1 amide bonds. The Kier molecular flexibility index (Phi) is 3.92. The van der Waals surface area contributed by atoms with Crippen LogP contribution in [0.1, 0.15) is 20.9 Å². The van der Waals surface area contributed by atoms with Crippen LogP contribution in [0.4, 0.5) is 18.3 Å². The Bertz CT molecular complexity index is 1150. The first kappa shape index (κ1) is 16.9. The number of nitrogens with one attached hydrogen (secondary N) is 1. The Labute approximate surface area is 153 Å². The fraction of sp³-hybridized carbons (Fsp3) is 0.118. The number of thiazole rings is 2. The van der Waals surface area contributed by atoms with E-state index in [-0.39, 0.29) is 5.56 Å². The number of rotatable bonds is 2. The van der Waals surface area contributed by atoms with Crippen LogP contribution in [0, 0.1) is 6.92 Å². The first-order valence-electron chi connectivity index (χ1n) is 7.46. The zero-order chi connectivity index (χ0) is 18.5. The number of carbonyl (C=O) groups is 1. The van der Waals surface area contributed by atoms with Crippen molar-refractivity contribution in [3.8, 4) is 0 Å². The number of halogens is 3. The van der Waals surface area contributed by atoms with Crippen molar-refractivity contribution in [2.45, 2.75) is 13.1 Å². The van der Waals surface area contributed by atoms with Gasteiger partial charge in [0.25, 0.3) is 5.91 Å². The molecule has 0 bridgehead atoms. The van der Waals surface area contributed by atoms with Crippen LogP contribution in [0.3, 0.4) is 0 Å². The quantitative estimate of drug-likeness (QED) is 0.490. The second kappa shape index (κ2) is 6.03. The third-order valence-electron chi connectivity index (χ3n) is 3.69. The molecule has 0 spiro atoms. The predicted octanol–water partition coefficient (Wildman–Crippen LogP) is 5.49. The van der Waals surface area contributed by atoms with Crippen LogP contribution >= 0.6 is 22.7 Å². The first-order chi connectivity index (χ1) is 12.3. The Balaban J connectivity index is 1.67. The summed E-state index contributed by atoms with van der Waals surface area (Å²) in [7, 11) is 0. The second-order valence-corrected chi connectivity index (χ2v) is 7.78. The lowest BCUT2D eigenvalue weighted by Crippen LogP contribution is -2.13. The highest BCUT2D eigenvalue weighted by atomic mass is 32.1. The van der Waals surface area contributed by atoms with E-state index < -0.39 is 17.6 Å². The van der Waals surface area contributed by atoms with E-state index in [0.717, 1.165) is 32.1 Å². The first-order valence-corrected chi connectivity index (χ1v) is 9.10. The summed E-state index contributed by atoms with van der Waals surface area (Å²) >= 11 is 2.82. The molecule has 9 heteroatoms. The number of nitrogens with zero attached hydrogens (tertiary/aromatic N) is 2. The topological polar surface area (TPSA) is 54.9 Å². The van der Waals surface area contributed by atoms with Crippen molar-refractivity contribution in [2.24, 2.45) is 0 Å². The van der Waals surface area contributed by atoms with Gasteiger partial charge in [0.15, 0.2) is 5.13 Å². The number of hydrogen-bond acceptors (Lipinski definition) is 5. The van der Waals surface area contributed by atoms with Crippen LogP contribution in [-0.4, -0.2) is 15.9 Å². The fourth-order valence-corrected chi connectivity index (χ4v) is 4.40. The van der Waals surface area contributed by atoms with Gasteiger partial charge < -0.3 is 0 Å². The van der Waals surface area contributed by atoms with E-state index in [1.165, 1.54) is 23.5 Å². The maximum atomic E-state index is 12.8. The van der Waals surface area contributed by atoms with Gasteiger partial charge in [-0.1, -0.05) is 17.4 Å². The average molecular weight is 393 g/mol. The number of amides is 1. The van der Waals surface area contributed by atoms with Gasteiger partial charge in [0, 0.05) is 5.56 Å². The van der Waals surface area contributed by atoms with Crippen molar-refractivity contribution in [2.75, 3.05) is 5.32 Å². The highest BCUT2D eigenvalue weighted by Gasteiger charge is 2.31. The van der Waals surface area contributed by atoms with E-state index in [4.69, 9.17) is 0 Å². The summed E-state index contributed by atoms with van der Waals surface area (Å²) in [5.41, 5.74) is 0.567. The maximum Gasteiger partial charge on any atom is 0.416 e. The SMILES string of the molecule is Cc1nc2c(ccc3nc(NC(=O)c4cccc(C(F)(F)F)c4)sc32)s1. The Morgan fingerprint density at radius 1 is 1.12 bits per heavy atom. The molecule has 4 nitrogen and oxygen atoms in total. The molecule has 0 aliphatic carbocycles. The van der Waals surface area contributed by atoms with Crippen molar-refractivity contribution >= 4 is 54.1 Å². The highest BCUT2D eigenvalue weighted by Crippen LogP contribution is 2.35. The zero-order valence-electron chi connectivity index (χ0n) is 13.2. The molecule has 26 heavy (non-hydrogen) atoms. The molecule has 0 fully saturated rings. The smallest absolute Gasteiger partial charge is 0.298 e. The summed E-state index contributed by atoms with van der Waals surface area (Å²) in [5.74, 6) is -0.638. The predicted molar refractivity (Wildman–Crippen MR) is 96.9 cm³/mol. The number of aromatic nitrogens is 2. The van der Waals surface area contributed by atoms with E-state index in [1.807, 2.05) is 19.1 Å². The minimum atomic E-state index is -4.50. The zero-order valence-corrected chi connectivity index (χ0v) is 14.9. The number of hydrogen-bond donors (Lipinski definition) is 1. The van der Waals surface area contributed by atoms with Crippen molar-refractivity contribution in [3.05, 3.63) is 52.5 Å². The van der Waals surface area contributed by atoms with Crippen LogP contribution in [0.5, 0.6) is 0 Å². The van der Waals surface area contributed by atoms with Crippen molar-refractivity contribution in [3.63, 3.8) is 0 Å². The standard InChI is InChI=1S/C17H10F3N3OS2/c1-8-21-13-12(25-8)6-5-11-14(13)26-16(22-11)23-15(24)9-3-2-4-10(7-9)17(18,19)20/h2-7H,1H3,(H,22,23,24). The van der Waals surface area contributed by atoms with Gasteiger partial charge in [-0.25, -0.2) is 9.97 Å². The third-order valence-corrected chi connectivity index (χ3v) is 5.62. The molecule has 0 unspecified atom stereocenters. The molecule has 0 radical (unpaired) electrons. The van der Waals surface area contributed by atoms with Gasteiger partial charge in [-0.2, -0.15) is 13.2 Å². The molecule has 0 aliphatic heterocycles. The van der Waals surface area contributed by atoms with Gasteiger partial charge >= 0.3 is 6.18 Å². The lowest BCUT2D eigenvalue weighted by Gasteiger charge is -2.08. The monoisotopic (exact) mass is 393 g/mol. The number of fused-ring (bicyclic) bond motifs is 3. The van der Waals surface area contributed by atoms with Crippen LogP contribution < -0.4 is 5.32 Å². The van der Waals surface area contributed by atoms with Gasteiger partial charge in [0.2, 0.25) is 0 Å². The van der Waals surface area contributed by atoms with Gasteiger partial charge in [0.05, 0.1) is 25.5 Å². The minimum absolute atomic E-state index is 0.0752. The van der Waals surface area contributed by atoms with E-state index in [0.29, 0.717) is 10.6 Å². The molecule has 0 atom stereocenters. The van der Waals surface area contributed by atoms with E-state index in [2.05, 4.69) is 15.3 Å². The fourth-order valence-electron chi connectivity index (χ4n) is 2.55. The van der Waals surface area contributed by atoms with E-state index in [1.54, 1.807) is 11.3 Å². The van der Waals surface area contributed by atoms with Crippen LogP contribution in [-0.2, 0) is 6.18 Å². The molecule has 2 aromatic carbocycles. The molecule has 2 heterocycles. The number of anilines is 1. The summed E-state index contributed by atoms with van der Waals surface area (Å²) < 4.78 is 40.3. The molecule has 1 N–H and O–H groups in total. The maximum absolute atomic E-state index is 12.8. The number of alkyl halides is 3. The summed E-state index contributed by atoms with van der Waals surface area (Å²) in [6, 6.07) is 8.05. The number of carbonyl (C=O) groups excluding carboxylic acids is 1. The van der Waals surface area contributed by atoms with Crippen LogP contribution in [0.25, 0.3) is 20.4 Å². The lowest BCUT2D eigenvalue weighted by molar-refractivity contribution is -0.137. The Morgan fingerprint density at radius 3 is 2.69 bits per heavy atom. The molecular formula is C17H10F3N3OS2. The lowest BCUT2D eigenvalue weighted by atomic mass is 10.1. The molecule has 0 saturated carbocycles. The largest absolute Gasteiger partial charge is 0.416 e. The Hall–Kier alpha value is -2.52. The van der Waals surface area contributed by atoms with Crippen LogP contribution in [0.15, 0.2) is 36.4 Å².